The van der Waals surface area contributed by atoms with Crippen molar-refractivity contribution in [1.29, 1.82) is 0 Å². The molecule has 1 saturated carbocycles. The summed E-state index contributed by atoms with van der Waals surface area (Å²) in [7, 11) is 0. The molecule has 1 aromatic rings. The van der Waals surface area contributed by atoms with Crippen LogP contribution in [0.5, 0.6) is 0 Å². The molecule has 0 aliphatic heterocycles. The molecule has 0 heterocycles. The normalized spacial score (nSPS) is 26.4. The first-order valence-corrected chi connectivity index (χ1v) is 7.16. The fourth-order valence-corrected chi connectivity index (χ4v) is 2.95. The Labute approximate surface area is 118 Å². The first-order chi connectivity index (χ1) is 9.50. The van der Waals surface area contributed by atoms with Crippen LogP contribution in [0.25, 0.3) is 0 Å². The van der Waals surface area contributed by atoms with Crippen LogP contribution in [0.2, 0.25) is 0 Å². The zero-order valence-electron chi connectivity index (χ0n) is 11.9. The summed E-state index contributed by atoms with van der Waals surface area (Å²) in [4.78, 5) is 10.0. The van der Waals surface area contributed by atoms with E-state index in [-0.39, 0.29) is 0 Å². The van der Waals surface area contributed by atoms with Crippen molar-refractivity contribution in [3.8, 4) is 0 Å². The van der Waals surface area contributed by atoms with Gasteiger partial charge in [-0.2, -0.15) is 4.39 Å². The highest BCUT2D eigenvalue weighted by molar-refractivity contribution is 5.36. The number of nitro groups is 1. The van der Waals surface area contributed by atoms with E-state index in [0.29, 0.717) is 30.0 Å². The Kier molecular flexibility index (Phi) is 4.70. The van der Waals surface area contributed by atoms with Crippen molar-refractivity contribution in [3.05, 3.63) is 39.7 Å². The number of rotatable bonds is 4. The average molecular weight is 280 g/mol. The van der Waals surface area contributed by atoms with Gasteiger partial charge in [0.1, 0.15) is 0 Å². The maximum atomic E-state index is 14.0. The Morgan fingerprint density at radius 3 is 2.85 bits per heavy atom. The molecular weight excluding hydrogens is 259 g/mol. The van der Waals surface area contributed by atoms with E-state index >= 15 is 0 Å². The van der Waals surface area contributed by atoms with Crippen LogP contribution in [0.4, 0.5) is 10.1 Å². The highest BCUT2D eigenvalue weighted by Gasteiger charge is 2.27. The van der Waals surface area contributed by atoms with Gasteiger partial charge >= 0.3 is 5.69 Å². The first-order valence-electron chi connectivity index (χ1n) is 7.16. The molecule has 4 nitrogen and oxygen atoms in total. The lowest BCUT2D eigenvalue weighted by Crippen LogP contribution is -2.40. The van der Waals surface area contributed by atoms with E-state index in [2.05, 4.69) is 19.2 Å². The number of hydrogen-bond acceptors (Lipinski definition) is 3. The van der Waals surface area contributed by atoms with E-state index in [1.165, 1.54) is 25.0 Å². The molecule has 1 aliphatic rings. The second-order valence-electron chi connectivity index (χ2n) is 5.76. The highest BCUT2D eigenvalue weighted by Crippen LogP contribution is 2.30. The predicted octanol–water partition coefficient (Wildman–Crippen LogP) is 3.65. The van der Waals surface area contributed by atoms with Crippen LogP contribution in [0.15, 0.2) is 18.2 Å². The summed E-state index contributed by atoms with van der Waals surface area (Å²) in [5, 5.41) is 14.1. The molecule has 5 heteroatoms. The van der Waals surface area contributed by atoms with Gasteiger partial charge in [-0.1, -0.05) is 38.8 Å². The molecule has 0 saturated heterocycles. The van der Waals surface area contributed by atoms with Crippen molar-refractivity contribution in [2.75, 3.05) is 0 Å². The molecule has 3 atom stereocenters. The van der Waals surface area contributed by atoms with Crippen LogP contribution >= 0.6 is 0 Å². The third-order valence-corrected chi connectivity index (χ3v) is 4.52. The molecule has 1 fully saturated rings. The van der Waals surface area contributed by atoms with Gasteiger partial charge in [-0.15, -0.1) is 0 Å². The first kappa shape index (κ1) is 14.9. The minimum absolute atomic E-state index is 0.342. The van der Waals surface area contributed by atoms with Gasteiger partial charge in [0.05, 0.1) is 4.92 Å². The molecule has 1 N–H and O–H groups in total. The lowest BCUT2D eigenvalue weighted by Gasteiger charge is -2.34. The molecule has 0 bridgehead atoms. The van der Waals surface area contributed by atoms with E-state index in [1.807, 2.05) is 0 Å². The molecular formula is C15H21FN2O2. The van der Waals surface area contributed by atoms with Crippen molar-refractivity contribution in [3.63, 3.8) is 0 Å². The maximum Gasteiger partial charge on any atom is 0.305 e. The van der Waals surface area contributed by atoms with Crippen molar-refractivity contribution < 1.29 is 9.31 Å². The highest BCUT2D eigenvalue weighted by atomic mass is 19.1. The predicted molar refractivity (Wildman–Crippen MR) is 75.9 cm³/mol. The summed E-state index contributed by atoms with van der Waals surface area (Å²) >= 11 is 0. The van der Waals surface area contributed by atoms with Crippen LogP contribution in [0.3, 0.4) is 0 Å². The Balaban J connectivity index is 2.04. The lowest BCUT2D eigenvalue weighted by molar-refractivity contribution is -0.387. The summed E-state index contributed by atoms with van der Waals surface area (Å²) in [5.74, 6) is 0.489. The minimum Gasteiger partial charge on any atom is -0.310 e. The monoisotopic (exact) mass is 280 g/mol. The number of nitrogens with one attached hydrogen (secondary N) is 1. The molecule has 0 radical (unpaired) electrons. The van der Waals surface area contributed by atoms with E-state index < -0.39 is 16.4 Å². The molecule has 0 spiro atoms. The number of nitrogens with zero attached hydrogens (tertiary/aromatic N) is 1. The van der Waals surface area contributed by atoms with Gasteiger partial charge in [0, 0.05) is 24.2 Å². The second kappa shape index (κ2) is 6.31. The van der Waals surface area contributed by atoms with Crippen LogP contribution < -0.4 is 5.32 Å². The SMILES string of the molecule is CC1CCCC(NCc2cccc([N+](=O)[O-])c2F)C1C. The van der Waals surface area contributed by atoms with Crippen molar-refractivity contribution >= 4 is 5.69 Å². The average Bonchev–Trinajstić information content (AvgIpc) is 2.41. The van der Waals surface area contributed by atoms with E-state index in [0.717, 1.165) is 6.42 Å². The van der Waals surface area contributed by atoms with Crippen molar-refractivity contribution in [2.24, 2.45) is 11.8 Å². The van der Waals surface area contributed by atoms with E-state index in [9.17, 15) is 14.5 Å². The van der Waals surface area contributed by atoms with Crippen LogP contribution in [0.1, 0.15) is 38.7 Å². The fourth-order valence-electron chi connectivity index (χ4n) is 2.95. The topological polar surface area (TPSA) is 55.2 Å². The van der Waals surface area contributed by atoms with Gasteiger partial charge in [0.25, 0.3) is 0 Å². The standard InChI is InChI=1S/C15H21FN2O2/c1-10-5-3-7-13(11(10)2)17-9-12-6-4-8-14(15(12)16)18(19)20/h4,6,8,10-11,13,17H,3,5,7,9H2,1-2H3. The number of halogens is 1. The van der Waals surface area contributed by atoms with Crippen molar-refractivity contribution in [1.82, 2.24) is 5.32 Å². The van der Waals surface area contributed by atoms with Gasteiger partial charge in [0.2, 0.25) is 5.82 Å². The van der Waals surface area contributed by atoms with E-state index in [1.54, 1.807) is 6.07 Å². The Hall–Kier alpha value is -1.49. The molecule has 1 aromatic carbocycles. The summed E-state index contributed by atoms with van der Waals surface area (Å²) < 4.78 is 14.0. The van der Waals surface area contributed by atoms with Gasteiger partial charge in [0.15, 0.2) is 0 Å². The molecule has 110 valence electrons. The quantitative estimate of drug-likeness (QED) is 0.676. The Morgan fingerprint density at radius 1 is 1.40 bits per heavy atom. The third kappa shape index (κ3) is 3.15. The van der Waals surface area contributed by atoms with Crippen LogP contribution in [-0.4, -0.2) is 11.0 Å². The smallest absolute Gasteiger partial charge is 0.305 e. The Morgan fingerprint density at radius 2 is 2.15 bits per heavy atom. The number of nitro benzene ring substituents is 1. The molecule has 2 rings (SSSR count). The molecule has 0 aromatic heterocycles. The van der Waals surface area contributed by atoms with Gasteiger partial charge in [-0.25, -0.2) is 0 Å². The molecule has 0 amide bonds. The zero-order chi connectivity index (χ0) is 14.7. The maximum absolute atomic E-state index is 14.0. The minimum atomic E-state index is -0.721. The zero-order valence-corrected chi connectivity index (χ0v) is 11.9. The summed E-state index contributed by atoms with van der Waals surface area (Å²) in [5.41, 5.74) is -0.0843. The second-order valence-corrected chi connectivity index (χ2v) is 5.76. The summed E-state index contributed by atoms with van der Waals surface area (Å²) in [6.45, 7) is 4.80. The summed E-state index contributed by atoms with van der Waals surface area (Å²) in [6.07, 6.45) is 3.51. The van der Waals surface area contributed by atoms with Crippen LogP contribution in [-0.2, 0) is 6.54 Å². The van der Waals surface area contributed by atoms with Crippen LogP contribution in [0, 0.1) is 27.8 Å². The summed E-state index contributed by atoms with van der Waals surface area (Å²) in [6, 6.07) is 4.69. The number of benzene rings is 1. The fraction of sp³-hybridized carbons (Fsp3) is 0.600. The lowest BCUT2D eigenvalue weighted by atomic mass is 9.78. The molecule has 1 aliphatic carbocycles. The van der Waals surface area contributed by atoms with Gasteiger partial charge in [-0.3, -0.25) is 10.1 Å². The third-order valence-electron chi connectivity index (χ3n) is 4.52. The van der Waals surface area contributed by atoms with Gasteiger partial charge in [-0.05, 0) is 18.3 Å². The molecule has 20 heavy (non-hydrogen) atoms. The molecule has 3 unspecified atom stereocenters. The van der Waals surface area contributed by atoms with E-state index in [4.69, 9.17) is 0 Å². The number of hydrogen-bond donors (Lipinski definition) is 1. The van der Waals surface area contributed by atoms with Gasteiger partial charge < -0.3 is 5.32 Å². The largest absolute Gasteiger partial charge is 0.310 e. The Bertz CT molecular complexity index is 493. The van der Waals surface area contributed by atoms with Crippen molar-refractivity contribution in [2.45, 2.75) is 45.7 Å².